The first-order valence-corrected chi connectivity index (χ1v) is 9.75. The number of aromatic nitrogens is 2. The lowest BCUT2D eigenvalue weighted by Gasteiger charge is -2.33. The maximum atomic E-state index is 14.0. The van der Waals surface area contributed by atoms with E-state index in [0.717, 1.165) is 0 Å². The highest BCUT2D eigenvalue weighted by atomic mass is 19.3. The fraction of sp³-hybridized carbons (Fsp3) is 0.556. The molecule has 0 radical (unpaired) electrons. The molecule has 1 aliphatic carbocycles. The van der Waals surface area contributed by atoms with Crippen LogP contribution in [0.15, 0.2) is 12.1 Å². The van der Waals surface area contributed by atoms with E-state index in [1.54, 1.807) is 6.07 Å². The molecule has 3 N–H and O–H groups in total. The number of anilines is 1. The van der Waals surface area contributed by atoms with Gasteiger partial charge in [-0.25, -0.2) is 18.4 Å². The number of nitrogens with one attached hydrogen (secondary N) is 3. The number of rotatable bonds is 3. The number of piperidine rings is 1. The van der Waals surface area contributed by atoms with Crippen LogP contribution in [0.25, 0.3) is 10.9 Å². The van der Waals surface area contributed by atoms with E-state index in [1.165, 1.54) is 10.7 Å². The zero-order valence-electron chi connectivity index (χ0n) is 15.6. The standard InChI is InChI=1S/C18H18F4N6O2/c19-17(20)6-8-5-11(17)27(7-8)4-3-12-24-15-9-1-2-10-14(30-18(21,22)29-10)13(9)25-16(23)28(15)26-12/h1-2,8,11-12,23-24,26H,3-7H2. The van der Waals surface area contributed by atoms with Crippen molar-refractivity contribution in [2.45, 2.75) is 43.7 Å². The molecule has 1 aromatic heterocycles. The first-order chi connectivity index (χ1) is 14.2. The lowest BCUT2D eigenvalue weighted by molar-refractivity contribution is -0.286. The minimum Gasteiger partial charge on any atom is -0.395 e. The van der Waals surface area contributed by atoms with Crippen LogP contribution in [-0.4, -0.2) is 52.1 Å². The molecule has 1 saturated carbocycles. The molecule has 4 heterocycles. The minimum absolute atomic E-state index is 0.0234. The van der Waals surface area contributed by atoms with E-state index >= 15 is 0 Å². The van der Waals surface area contributed by atoms with E-state index in [-0.39, 0.29) is 41.1 Å². The second-order valence-electron chi connectivity index (χ2n) is 8.27. The summed E-state index contributed by atoms with van der Waals surface area (Å²) >= 11 is 0. The van der Waals surface area contributed by atoms with Crippen molar-refractivity contribution in [2.75, 3.05) is 23.8 Å². The van der Waals surface area contributed by atoms with Crippen LogP contribution >= 0.6 is 0 Å². The Morgan fingerprint density at radius 3 is 2.83 bits per heavy atom. The molecule has 3 aliphatic heterocycles. The van der Waals surface area contributed by atoms with E-state index in [1.807, 2.05) is 4.90 Å². The Morgan fingerprint density at radius 1 is 1.23 bits per heavy atom. The molecule has 0 spiro atoms. The molecule has 4 aliphatic rings. The highest BCUT2D eigenvalue weighted by molar-refractivity contribution is 5.95. The van der Waals surface area contributed by atoms with Crippen LogP contribution in [-0.2, 0) is 0 Å². The first-order valence-electron chi connectivity index (χ1n) is 9.75. The number of likely N-dealkylation sites (tertiary alicyclic amines) is 1. The van der Waals surface area contributed by atoms with Crippen molar-refractivity contribution < 1.29 is 27.0 Å². The summed E-state index contributed by atoms with van der Waals surface area (Å²) < 4.78 is 65.4. The second-order valence-corrected chi connectivity index (χ2v) is 8.27. The van der Waals surface area contributed by atoms with Gasteiger partial charge in [-0.05, 0) is 24.5 Å². The minimum atomic E-state index is -3.78. The summed E-state index contributed by atoms with van der Waals surface area (Å²) in [5.74, 6) is -2.45. The number of fused-ring (bicyclic) bond motifs is 7. The van der Waals surface area contributed by atoms with E-state index in [9.17, 15) is 17.6 Å². The number of ether oxygens (including phenoxy) is 2. The predicted molar refractivity (Wildman–Crippen MR) is 96.2 cm³/mol. The van der Waals surface area contributed by atoms with E-state index in [0.29, 0.717) is 37.1 Å². The summed E-state index contributed by atoms with van der Waals surface area (Å²) in [5.41, 5.74) is 2.98. The van der Waals surface area contributed by atoms with Gasteiger partial charge in [-0.1, -0.05) is 0 Å². The Bertz CT molecular complexity index is 1120. The number of benzene rings is 1. The number of halogens is 4. The molecular formula is C18H18F4N6O2. The summed E-state index contributed by atoms with van der Waals surface area (Å²) in [5, 5.41) is 11.9. The summed E-state index contributed by atoms with van der Waals surface area (Å²) in [4.78, 5) is 5.92. The summed E-state index contributed by atoms with van der Waals surface area (Å²) in [6.07, 6.45) is -3.06. The van der Waals surface area contributed by atoms with Crippen molar-refractivity contribution in [3.63, 3.8) is 0 Å². The largest absolute Gasteiger partial charge is 0.586 e. The quantitative estimate of drug-likeness (QED) is 0.653. The topological polar surface area (TPSA) is 87.4 Å². The van der Waals surface area contributed by atoms with Gasteiger partial charge in [0, 0.05) is 31.3 Å². The van der Waals surface area contributed by atoms with Crippen LogP contribution in [0.2, 0.25) is 0 Å². The first kappa shape index (κ1) is 18.0. The van der Waals surface area contributed by atoms with Gasteiger partial charge in [0.05, 0.1) is 6.04 Å². The zero-order valence-corrected chi connectivity index (χ0v) is 15.6. The highest BCUT2D eigenvalue weighted by Gasteiger charge is 2.56. The number of nitrogens with zero attached hydrogens (tertiary/aromatic N) is 3. The normalized spacial score (nSPS) is 29.8. The Morgan fingerprint density at radius 2 is 2.07 bits per heavy atom. The maximum Gasteiger partial charge on any atom is 0.586 e. The van der Waals surface area contributed by atoms with Gasteiger partial charge in [0.25, 0.3) is 5.92 Å². The summed E-state index contributed by atoms with van der Waals surface area (Å²) in [7, 11) is 0. The van der Waals surface area contributed by atoms with Gasteiger partial charge >= 0.3 is 6.29 Å². The SMILES string of the molecule is N=c1nc2c3c(ccc2c2n1NC(CCN1CC4CC1C(F)(F)C4)N2)OC(F)(F)O3. The fourth-order valence-corrected chi connectivity index (χ4v) is 5.09. The van der Waals surface area contributed by atoms with E-state index in [4.69, 9.17) is 5.41 Å². The van der Waals surface area contributed by atoms with Crippen LogP contribution in [0.5, 0.6) is 11.5 Å². The van der Waals surface area contributed by atoms with Crippen molar-refractivity contribution in [3.8, 4) is 11.5 Å². The van der Waals surface area contributed by atoms with Crippen molar-refractivity contribution in [1.29, 1.82) is 5.41 Å². The molecule has 1 aromatic carbocycles. The fourth-order valence-electron chi connectivity index (χ4n) is 5.09. The molecule has 0 amide bonds. The summed E-state index contributed by atoms with van der Waals surface area (Å²) in [6, 6.07) is 2.23. The Balaban J connectivity index is 1.24. The number of hydrogen-bond donors (Lipinski definition) is 3. The van der Waals surface area contributed by atoms with Gasteiger partial charge < -0.3 is 14.8 Å². The molecule has 3 atom stereocenters. The summed E-state index contributed by atoms with van der Waals surface area (Å²) in [6.45, 7) is 1.16. The molecule has 2 aromatic rings. The lowest BCUT2D eigenvalue weighted by atomic mass is 10.1. The number of hydrogen-bond acceptors (Lipinski definition) is 7. The van der Waals surface area contributed by atoms with Crippen LogP contribution < -0.4 is 25.8 Å². The van der Waals surface area contributed by atoms with Gasteiger partial charge in [0.15, 0.2) is 11.5 Å². The predicted octanol–water partition coefficient (Wildman–Crippen LogP) is 2.25. The molecule has 8 nitrogen and oxygen atoms in total. The third kappa shape index (κ3) is 2.55. The average Bonchev–Trinajstić information content (AvgIpc) is 3.38. The van der Waals surface area contributed by atoms with Gasteiger partial charge in [-0.15, -0.1) is 8.78 Å². The molecular weight excluding hydrogens is 408 g/mol. The number of alkyl halides is 4. The third-order valence-corrected chi connectivity index (χ3v) is 6.29. The van der Waals surface area contributed by atoms with Crippen molar-refractivity contribution in [2.24, 2.45) is 5.92 Å². The van der Waals surface area contributed by atoms with Crippen LogP contribution in [0.3, 0.4) is 0 Å². The molecule has 30 heavy (non-hydrogen) atoms. The molecule has 1 saturated heterocycles. The van der Waals surface area contributed by atoms with Gasteiger partial charge in [0.1, 0.15) is 17.5 Å². The zero-order chi connectivity index (χ0) is 20.8. The molecule has 3 unspecified atom stereocenters. The third-order valence-electron chi connectivity index (χ3n) is 6.29. The van der Waals surface area contributed by atoms with E-state index < -0.39 is 18.3 Å². The van der Waals surface area contributed by atoms with Gasteiger partial charge in [-0.2, -0.15) is 0 Å². The van der Waals surface area contributed by atoms with Crippen molar-refractivity contribution in [3.05, 3.63) is 17.8 Å². The Labute approximate surface area is 167 Å². The second kappa shape index (κ2) is 5.68. The molecule has 12 heteroatoms. The van der Waals surface area contributed by atoms with Crippen molar-refractivity contribution >= 4 is 16.7 Å². The average molecular weight is 426 g/mol. The molecule has 2 fully saturated rings. The maximum absolute atomic E-state index is 14.0. The van der Waals surface area contributed by atoms with Crippen LogP contribution in [0, 0.1) is 11.3 Å². The Kier molecular flexibility index (Phi) is 3.42. The molecule has 160 valence electrons. The van der Waals surface area contributed by atoms with Gasteiger partial charge in [-0.3, -0.25) is 15.7 Å². The highest BCUT2D eigenvalue weighted by Crippen LogP contribution is 2.48. The van der Waals surface area contributed by atoms with Crippen LogP contribution in [0.4, 0.5) is 23.4 Å². The smallest absolute Gasteiger partial charge is 0.395 e. The molecule has 6 rings (SSSR count). The monoisotopic (exact) mass is 426 g/mol. The van der Waals surface area contributed by atoms with Gasteiger partial charge in [0.2, 0.25) is 5.62 Å². The molecule has 2 bridgehead atoms. The lowest BCUT2D eigenvalue weighted by Crippen LogP contribution is -2.47. The Hall–Kier alpha value is -2.76. The van der Waals surface area contributed by atoms with Crippen LogP contribution in [0.1, 0.15) is 19.3 Å². The van der Waals surface area contributed by atoms with Crippen molar-refractivity contribution in [1.82, 2.24) is 14.6 Å². The van der Waals surface area contributed by atoms with E-state index in [2.05, 4.69) is 25.2 Å².